The third kappa shape index (κ3) is 5.03. The van der Waals surface area contributed by atoms with Crippen LogP contribution in [0.25, 0.3) is 5.57 Å². The van der Waals surface area contributed by atoms with Gasteiger partial charge >= 0.3 is 0 Å². The molecule has 2 heteroatoms. The van der Waals surface area contributed by atoms with Crippen molar-refractivity contribution in [3.05, 3.63) is 42.0 Å². The molecule has 0 spiro atoms. The lowest BCUT2D eigenvalue weighted by Gasteiger charge is -2.19. The van der Waals surface area contributed by atoms with Crippen LogP contribution in [0.15, 0.2) is 30.8 Å². The summed E-state index contributed by atoms with van der Waals surface area (Å²) in [5, 5.41) is 0. The largest absolute Gasteiger partial charge is 0.236 e. The monoisotopic (exact) mass is 248 g/mol. The molecule has 2 nitrogen and oxygen atoms in total. The normalized spacial score (nSPS) is 13.4. The first-order chi connectivity index (χ1) is 8.29. The van der Waals surface area contributed by atoms with Gasteiger partial charge in [-0.3, -0.25) is 0 Å². The summed E-state index contributed by atoms with van der Waals surface area (Å²) >= 11 is 0. The van der Waals surface area contributed by atoms with Gasteiger partial charge in [-0.1, -0.05) is 43.3 Å². The van der Waals surface area contributed by atoms with E-state index in [9.17, 15) is 0 Å². The molecule has 0 amide bonds. The van der Waals surface area contributed by atoms with Gasteiger partial charge in [0, 0.05) is 5.92 Å². The molecule has 1 rings (SSSR count). The molecule has 0 saturated heterocycles. The molecule has 0 aliphatic rings. The summed E-state index contributed by atoms with van der Waals surface area (Å²) < 4.78 is 0. The number of benzene rings is 1. The summed E-state index contributed by atoms with van der Waals surface area (Å²) in [6.45, 7) is 14.5. The summed E-state index contributed by atoms with van der Waals surface area (Å²) in [7, 11) is 0. The van der Waals surface area contributed by atoms with Gasteiger partial charge in [0.1, 0.15) is 0 Å². The smallest absolute Gasteiger partial charge is 0.0952 e. The van der Waals surface area contributed by atoms with E-state index in [0.29, 0.717) is 12.5 Å². The van der Waals surface area contributed by atoms with Gasteiger partial charge in [0.05, 0.1) is 12.2 Å². The average molecular weight is 248 g/mol. The number of hydrogen-bond acceptors (Lipinski definition) is 2. The minimum Gasteiger partial charge on any atom is -0.236 e. The molecule has 0 bridgehead atoms. The van der Waals surface area contributed by atoms with Gasteiger partial charge in [-0.05, 0) is 38.8 Å². The molecule has 1 aromatic rings. The third-order valence-electron chi connectivity index (χ3n) is 2.60. The highest BCUT2D eigenvalue weighted by Gasteiger charge is 2.13. The molecule has 0 aliphatic heterocycles. The summed E-state index contributed by atoms with van der Waals surface area (Å²) in [6.07, 6.45) is 0. The topological polar surface area (TPSA) is 18.5 Å². The predicted molar refractivity (Wildman–Crippen MR) is 76.4 cm³/mol. The molecule has 0 heterocycles. The van der Waals surface area contributed by atoms with Crippen molar-refractivity contribution in [1.82, 2.24) is 0 Å². The molecule has 1 aromatic carbocycles. The molecule has 0 aliphatic carbocycles. The fourth-order valence-corrected chi connectivity index (χ4v) is 1.51. The molecule has 100 valence electrons. The highest BCUT2D eigenvalue weighted by Crippen LogP contribution is 2.20. The Labute approximate surface area is 111 Å². The molecule has 0 fully saturated rings. The summed E-state index contributed by atoms with van der Waals surface area (Å²) in [5.74, 6) is 0.312. The van der Waals surface area contributed by atoms with Crippen molar-refractivity contribution < 1.29 is 9.78 Å². The number of allylic oxidation sites excluding steroid dienone is 1. The van der Waals surface area contributed by atoms with Crippen molar-refractivity contribution in [2.45, 2.75) is 46.1 Å². The molecule has 0 aromatic heterocycles. The van der Waals surface area contributed by atoms with Crippen LogP contribution in [0.5, 0.6) is 0 Å². The van der Waals surface area contributed by atoms with E-state index in [0.717, 1.165) is 5.57 Å². The van der Waals surface area contributed by atoms with Crippen LogP contribution in [-0.2, 0) is 9.78 Å². The van der Waals surface area contributed by atoms with Gasteiger partial charge < -0.3 is 0 Å². The van der Waals surface area contributed by atoms with Crippen molar-refractivity contribution in [1.29, 1.82) is 0 Å². The molecule has 1 atom stereocenters. The molecular formula is C16H24O2. The minimum atomic E-state index is -0.260. The zero-order valence-electron chi connectivity index (χ0n) is 12.1. The van der Waals surface area contributed by atoms with Crippen LogP contribution in [0.4, 0.5) is 0 Å². The van der Waals surface area contributed by atoms with Gasteiger partial charge in [0.15, 0.2) is 0 Å². The first kappa shape index (κ1) is 14.9. The SMILES string of the molecule is C=C(C)c1ccc(C(C)COOC(C)(C)C)cc1. The van der Waals surface area contributed by atoms with E-state index in [1.807, 2.05) is 27.7 Å². The maximum Gasteiger partial charge on any atom is 0.0952 e. The molecule has 18 heavy (non-hydrogen) atoms. The second-order valence-electron chi connectivity index (χ2n) is 5.78. The summed E-state index contributed by atoms with van der Waals surface area (Å²) in [6, 6.07) is 8.43. The fourth-order valence-electron chi connectivity index (χ4n) is 1.51. The van der Waals surface area contributed by atoms with Crippen LogP contribution in [0.2, 0.25) is 0 Å². The second-order valence-corrected chi connectivity index (χ2v) is 5.78. The molecule has 0 radical (unpaired) electrons. The average Bonchev–Trinajstić information content (AvgIpc) is 2.27. The Bertz CT molecular complexity index is 385. The Kier molecular flexibility index (Phi) is 5.12. The Balaban J connectivity index is 2.51. The van der Waals surface area contributed by atoms with Crippen LogP contribution in [0, 0.1) is 0 Å². The molecule has 0 saturated carbocycles. The summed E-state index contributed by atoms with van der Waals surface area (Å²) in [4.78, 5) is 10.5. The van der Waals surface area contributed by atoms with E-state index >= 15 is 0 Å². The van der Waals surface area contributed by atoms with Gasteiger partial charge in [0.25, 0.3) is 0 Å². The highest BCUT2D eigenvalue weighted by atomic mass is 17.2. The van der Waals surface area contributed by atoms with Crippen molar-refractivity contribution in [3.8, 4) is 0 Å². The van der Waals surface area contributed by atoms with Crippen molar-refractivity contribution in [2.75, 3.05) is 6.61 Å². The standard InChI is InChI=1S/C16H24O2/c1-12(2)14-7-9-15(10-8-14)13(3)11-17-18-16(4,5)6/h7-10,13H,1,11H2,2-6H3. The van der Waals surface area contributed by atoms with Crippen molar-refractivity contribution >= 4 is 5.57 Å². The lowest BCUT2D eigenvalue weighted by molar-refractivity contribution is -0.350. The van der Waals surface area contributed by atoms with Crippen LogP contribution in [0.3, 0.4) is 0 Å². The first-order valence-electron chi connectivity index (χ1n) is 6.36. The Hall–Kier alpha value is -1.12. The quantitative estimate of drug-likeness (QED) is 0.561. The maximum absolute atomic E-state index is 5.27. The second kappa shape index (κ2) is 6.17. The van der Waals surface area contributed by atoms with Crippen molar-refractivity contribution in [2.24, 2.45) is 0 Å². The first-order valence-corrected chi connectivity index (χ1v) is 6.36. The minimum absolute atomic E-state index is 0.260. The van der Waals surface area contributed by atoms with E-state index < -0.39 is 0 Å². The van der Waals surface area contributed by atoms with E-state index in [2.05, 4.69) is 37.8 Å². The number of rotatable bonds is 5. The molecule has 0 N–H and O–H groups in total. The van der Waals surface area contributed by atoms with Crippen LogP contribution in [0.1, 0.15) is 51.7 Å². The van der Waals surface area contributed by atoms with Crippen molar-refractivity contribution in [3.63, 3.8) is 0 Å². The molecule has 1 unspecified atom stereocenters. The Morgan fingerprint density at radius 2 is 1.78 bits per heavy atom. The maximum atomic E-state index is 5.27. The zero-order chi connectivity index (χ0) is 13.8. The lowest BCUT2D eigenvalue weighted by Crippen LogP contribution is -2.20. The Morgan fingerprint density at radius 3 is 2.22 bits per heavy atom. The van der Waals surface area contributed by atoms with Gasteiger partial charge in [-0.2, -0.15) is 0 Å². The van der Waals surface area contributed by atoms with Crippen LogP contribution >= 0.6 is 0 Å². The highest BCUT2D eigenvalue weighted by molar-refractivity contribution is 5.61. The predicted octanol–water partition coefficient (Wildman–Crippen LogP) is 4.57. The van der Waals surface area contributed by atoms with E-state index in [4.69, 9.17) is 9.78 Å². The van der Waals surface area contributed by atoms with E-state index in [1.165, 1.54) is 11.1 Å². The Morgan fingerprint density at radius 1 is 1.22 bits per heavy atom. The van der Waals surface area contributed by atoms with Gasteiger partial charge in [-0.25, -0.2) is 9.78 Å². The lowest BCUT2D eigenvalue weighted by atomic mass is 9.99. The zero-order valence-corrected chi connectivity index (χ0v) is 12.1. The van der Waals surface area contributed by atoms with Gasteiger partial charge in [-0.15, -0.1) is 0 Å². The van der Waals surface area contributed by atoms with Crippen LogP contribution < -0.4 is 0 Å². The van der Waals surface area contributed by atoms with E-state index in [1.54, 1.807) is 0 Å². The molecular weight excluding hydrogens is 224 g/mol. The van der Waals surface area contributed by atoms with E-state index in [-0.39, 0.29) is 5.60 Å². The fraction of sp³-hybridized carbons (Fsp3) is 0.500. The van der Waals surface area contributed by atoms with Crippen LogP contribution in [-0.4, -0.2) is 12.2 Å². The number of hydrogen-bond donors (Lipinski definition) is 0. The summed E-state index contributed by atoms with van der Waals surface area (Å²) in [5.41, 5.74) is 3.25. The third-order valence-corrected chi connectivity index (χ3v) is 2.60. The van der Waals surface area contributed by atoms with Gasteiger partial charge in [0.2, 0.25) is 0 Å².